The second-order valence-corrected chi connectivity index (χ2v) is 7.17. The Hall–Kier alpha value is -1.75. The third-order valence-corrected chi connectivity index (χ3v) is 5.14. The molecule has 1 aromatic heterocycles. The van der Waals surface area contributed by atoms with E-state index in [9.17, 15) is 9.18 Å². The molecular formula is C19H27FIN5OS. The normalized spacial score (nSPS) is 10.9. The second kappa shape index (κ2) is 12.7. The zero-order chi connectivity index (χ0) is 19.6. The van der Waals surface area contributed by atoms with E-state index in [0.717, 1.165) is 24.4 Å². The zero-order valence-electron chi connectivity index (χ0n) is 16.3. The van der Waals surface area contributed by atoms with E-state index >= 15 is 0 Å². The Labute approximate surface area is 186 Å². The maximum absolute atomic E-state index is 13.5. The van der Waals surface area contributed by atoms with Crippen molar-refractivity contribution in [3.05, 3.63) is 51.2 Å². The third-order valence-electron chi connectivity index (χ3n) is 3.94. The summed E-state index contributed by atoms with van der Waals surface area (Å²) in [6, 6.07) is 4.46. The molecule has 0 atom stereocenters. The monoisotopic (exact) mass is 519 g/mol. The van der Waals surface area contributed by atoms with Crippen molar-refractivity contribution in [3.8, 4) is 0 Å². The van der Waals surface area contributed by atoms with Crippen LogP contribution in [-0.2, 0) is 12.8 Å². The molecule has 1 heterocycles. The maximum atomic E-state index is 13.5. The Morgan fingerprint density at radius 1 is 1.21 bits per heavy atom. The van der Waals surface area contributed by atoms with Gasteiger partial charge in [-0.2, -0.15) is 0 Å². The molecule has 0 fully saturated rings. The van der Waals surface area contributed by atoms with E-state index in [0.29, 0.717) is 30.2 Å². The van der Waals surface area contributed by atoms with E-state index in [-0.39, 0.29) is 35.7 Å². The first-order valence-electron chi connectivity index (χ1n) is 8.96. The Morgan fingerprint density at radius 3 is 2.57 bits per heavy atom. The van der Waals surface area contributed by atoms with Gasteiger partial charge in [-0.25, -0.2) is 9.37 Å². The highest BCUT2D eigenvalue weighted by atomic mass is 127. The lowest BCUT2D eigenvalue weighted by molar-refractivity contribution is 0.0954. The number of aromatic nitrogens is 1. The maximum Gasteiger partial charge on any atom is 0.251 e. The molecule has 1 aromatic carbocycles. The standard InChI is InChI=1S/C19H26FN5OS.HI/c1-4-15-12-25-17(27-15)7-8-23-19(21-3)24-10-9-22-18(26)14-6-5-13(2)16(20)11-14;/h5-6,11-12H,4,7-10H2,1-3H3,(H,22,26)(H2,21,23,24);1H. The van der Waals surface area contributed by atoms with Crippen LogP contribution in [0, 0.1) is 12.7 Å². The minimum absolute atomic E-state index is 0. The van der Waals surface area contributed by atoms with Crippen molar-refractivity contribution in [2.45, 2.75) is 26.7 Å². The molecule has 0 aliphatic rings. The molecule has 1 amide bonds. The largest absolute Gasteiger partial charge is 0.356 e. The fourth-order valence-corrected chi connectivity index (χ4v) is 3.19. The van der Waals surface area contributed by atoms with Crippen LogP contribution in [0.4, 0.5) is 4.39 Å². The number of nitrogens with zero attached hydrogens (tertiary/aromatic N) is 2. The van der Waals surface area contributed by atoms with Gasteiger partial charge < -0.3 is 16.0 Å². The number of halogens is 2. The fourth-order valence-electron chi connectivity index (χ4n) is 2.33. The number of guanidine groups is 1. The number of aryl methyl sites for hydroxylation is 2. The number of benzene rings is 1. The first kappa shape index (κ1) is 24.3. The van der Waals surface area contributed by atoms with Crippen LogP contribution < -0.4 is 16.0 Å². The van der Waals surface area contributed by atoms with E-state index in [2.05, 4.69) is 32.9 Å². The van der Waals surface area contributed by atoms with Crippen LogP contribution in [0.3, 0.4) is 0 Å². The van der Waals surface area contributed by atoms with Crippen LogP contribution in [-0.4, -0.2) is 43.5 Å². The van der Waals surface area contributed by atoms with Crippen LogP contribution in [0.25, 0.3) is 0 Å². The fraction of sp³-hybridized carbons (Fsp3) is 0.421. The summed E-state index contributed by atoms with van der Waals surface area (Å²) in [6.45, 7) is 5.43. The molecule has 0 aliphatic carbocycles. The van der Waals surface area contributed by atoms with Crippen LogP contribution in [0.5, 0.6) is 0 Å². The summed E-state index contributed by atoms with van der Waals surface area (Å²) < 4.78 is 13.5. The summed E-state index contributed by atoms with van der Waals surface area (Å²) >= 11 is 1.73. The number of carbonyl (C=O) groups is 1. The number of rotatable bonds is 8. The summed E-state index contributed by atoms with van der Waals surface area (Å²) in [6.07, 6.45) is 3.77. The third kappa shape index (κ3) is 7.70. The molecular weight excluding hydrogens is 492 g/mol. The molecule has 154 valence electrons. The average molecular weight is 519 g/mol. The first-order valence-corrected chi connectivity index (χ1v) is 9.77. The smallest absolute Gasteiger partial charge is 0.251 e. The van der Waals surface area contributed by atoms with Gasteiger partial charge in [-0.15, -0.1) is 35.3 Å². The number of nitrogens with one attached hydrogen (secondary N) is 3. The van der Waals surface area contributed by atoms with Gasteiger partial charge in [0.2, 0.25) is 0 Å². The summed E-state index contributed by atoms with van der Waals surface area (Å²) in [5.41, 5.74) is 0.835. The van der Waals surface area contributed by atoms with E-state index in [1.54, 1.807) is 37.4 Å². The molecule has 6 nitrogen and oxygen atoms in total. The Bertz CT molecular complexity index is 796. The Kier molecular flexibility index (Phi) is 11.0. The second-order valence-electron chi connectivity index (χ2n) is 5.97. The molecule has 0 aliphatic heterocycles. The minimum atomic E-state index is -0.378. The quantitative estimate of drug-likeness (QED) is 0.217. The van der Waals surface area contributed by atoms with Crippen LogP contribution in [0.1, 0.15) is 32.7 Å². The van der Waals surface area contributed by atoms with Crippen LogP contribution >= 0.6 is 35.3 Å². The summed E-state index contributed by atoms with van der Waals surface area (Å²) in [5.74, 6) is -0.0105. The summed E-state index contributed by atoms with van der Waals surface area (Å²) in [5, 5.41) is 10.2. The highest BCUT2D eigenvalue weighted by molar-refractivity contribution is 14.0. The van der Waals surface area contributed by atoms with Gasteiger partial charge >= 0.3 is 0 Å². The highest BCUT2D eigenvalue weighted by Gasteiger charge is 2.07. The molecule has 0 unspecified atom stereocenters. The molecule has 2 rings (SSSR count). The van der Waals surface area contributed by atoms with Crippen molar-refractivity contribution in [1.29, 1.82) is 0 Å². The van der Waals surface area contributed by atoms with Crippen molar-refractivity contribution in [2.75, 3.05) is 26.7 Å². The zero-order valence-corrected chi connectivity index (χ0v) is 19.5. The van der Waals surface area contributed by atoms with Crippen molar-refractivity contribution in [2.24, 2.45) is 4.99 Å². The molecule has 0 radical (unpaired) electrons. The van der Waals surface area contributed by atoms with Crippen LogP contribution in [0.2, 0.25) is 0 Å². The van der Waals surface area contributed by atoms with Gasteiger partial charge in [0, 0.05) is 49.7 Å². The van der Waals surface area contributed by atoms with Crippen LogP contribution in [0.15, 0.2) is 29.4 Å². The lowest BCUT2D eigenvalue weighted by atomic mass is 10.1. The first-order chi connectivity index (χ1) is 13.0. The minimum Gasteiger partial charge on any atom is -0.356 e. The predicted octanol–water partition coefficient (Wildman–Crippen LogP) is 2.91. The number of hydrogen-bond acceptors (Lipinski definition) is 4. The lowest BCUT2D eigenvalue weighted by Crippen LogP contribution is -2.42. The lowest BCUT2D eigenvalue weighted by Gasteiger charge is -2.12. The molecule has 0 saturated heterocycles. The number of aliphatic imine (C=N–C) groups is 1. The molecule has 28 heavy (non-hydrogen) atoms. The van der Waals surface area contributed by atoms with Gasteiger partial charge in [-0.1, -0.05) is 13.0 Å². The van der Waals surface area contributed by atoms with Gasteiger partial charge in [-0.3, -0.25) is 9.79 Å². The van der Waals surface area contributed by atoms with Gasteiger partial charge in [0.1, 0.15) is 5.82 Å². The van der Waals surface area contributed by atoms with E-state index in [4.69, 9.17) is 0 Å². The number of hydrogen-bond donors (Lipinski definition) is 3. The summed E-state index contributed by atoms with van der Waals surface area (Å²) in [7, 11) is 1.70. The SMILES string of the molecule is CCc1cnc(CCNC(=NC)NCCNC(=O)c2ccc(C)c(F)c2)s1.I. The van der Waals surface area contributed by atoms with E-state index in [1.807, 2.05) is 6.20 Å². The van der Waals surface area contributed by atoms with Crippen molar-refractivity contribution in [3.63, 3.8) is 0 Å². The number of thiazole rings is 1. The van der Waals surface area contributed by atoms with Crippen molar-refractivity contribution < 1.29 is 9.18 Å². The molecule has 0 spiro atoms. The molecule has 0 bridgehead atoms. The van der Waals surface area contributed by atoms with Gasteiger partial charge in [0.05, 0.1) is 5.01 Å². The number of amides is 1. The predicted molar refractivity (Wildman–Crippen MR) is 123 cm³/mol. The number of carbonyl (C=O) groups excluding carboxylic acids is 1. The molecule has 9 heteroatoms. The average Bonchev–Trinajstić information content (AvgIpc) is 3.13. The van der Waals surface area contributed by atoms with Gasteiger partial charge in [0.15, 0.2) is 5.96 Å². The van der Waals surface area contributed by atoms with Gasteiger partial charge in [-0.05, 0) is 31.0 Å². The molecule has 2 aromatic rings. The van der Waals surface area contributed by atoms with Crippen molar-refractivity contribution in [1.82, 2.24) is 20.9 Å². The Balaban J connectivity index is 0.00000392. The summed E-state index contributed by atoms with van der Waals surface area (Å²) in [4.78, 5) is 21.9. The Morgan fingerprint density at radius 2 is 1.93 bits per heavy atom. The van der Waals surface area contributed by atoms with E-state index in [1.165, 1.54) is 10.9 Å². The van der Waals surface area contributed by atoms with E-state index < -0.39 is 0 Å². The highest BCUT2D eigenvalue weighted by Crippen LogP contribution is 2.13. The topological polar surface area (TPSA) is 78.4 Å². The van der Waals surface area contributed by atoms with Crippen molar-refractivity contribution >= 4 is 47.2 Å². The van der Waals surface area contributed by atoms with Gasteiger partial charge in [0.25, 0.3) is 5.91 Å². The molecule has 3 N–H and O–H groups in total. The molecule has 0 saturated carbocycles.